The summed E-state index contributed by atoms with van der Waals surface area (Å²) < 4.78 is 0. The molecule has 0 aliphatic rings. The molecule has 0 aliphatic heterocycles. The Balaban J connectivity index is 2.06. The molecule has 0 bridgehead atoms. The second-order valence-electron chi connectivity index (χ2n) is 5.08. The van der Waals surface area contributed by atoms with Gasteiger partial charge in [0.2, 0.25) is 0 Å². The summed E-state index contributed by atoms with van der Waals surface area (Å²) in [5, 5.41) is 4.40. The van der Waals surface area contributed by atoms with Gasteiger partial charge in [0.15, 0.2) is 0 Å². The third-order valence-corrected chi connectivity index (χ3v) is 3.66. The molecular weight excluding hydrogens is 254 g/mol. The number of nitrogens with one attached hydrogen (secondary N) is 1. The van der Waals surface area contributed by atoms with Crippen LogP contribution in [-0.2, 0) is 0 Å². The van der Waals surface area contributed by atoms with Gasteiger partial charge < -0.3 is 5.32 Å². The highest BCUT2D eigenvalue weighted by molar-refractivity contribution is 6.30. The molecule has 2 aromatic carbocycles. The highest BCUT2D eigenvalue weighted by atomic mass is 35.5. The van der Waals surface area contributed by atoms with Crippen molar-refractivity contribution >= 4 is 11.6 Å². The van der Waals surface area contributed by atoms with Gasteiger partial charge in [-0.25, -0.2) is 0 Å². The van der Waals surface area contributed by atoms with Crippen LogP contribution < -0.4 is 5.32 Å². The summed E-state index contributed by atoms with van der Waals surface area (Å²) in [6.45, 7) is 6.50. The molecule has 0 amide bonds. The summed E-state index contributed by atoms with van der Waals surface area (Å²) in [5.41, 5.74) is 3.87. The van der Waals surface area contributed by atoms with Crippen LogP contribution in [0, 0.1) is 6.92 Å². The number of hydrogen-bond acceptors (Lipinski definition) is 1. The molecule has 2 heteroatoms. The van der Waals surface area contributed by atoms with Gasteiger partial charge in [-0.1, -0.05) is 53.6 Å². The molecule has 2 rings (SSSR count). The molecule has 19 heavy (non-hydrogen) atoms. The molecule has 2 atom stereocenters. The standard InChI is InChI=1S/C17H20ClN/c1-12-5-4-6-16(11-12)14(3)19-13(2)15-7-9-17(18)10-8-15/h4-11,13-14,19H,1-3H3/t13-,14?/m1/s1. The Labute approximate surface area is 120 Å². The molecule has 0 heterocycles. The molecule has 0 fully saturated rings. The minimum Gasteiger partial charge on any atom is -0.304 e. The van der Waals surface area contributed by atoms with Gasteiger partial charge in [0.1, 0.15) is 0 Å². The Morgan fingerprint density at radius 2 is 1.53 bits per heavy atom. The quantitative estimate of drug-likeness (QED) is 0.821. The van der Waals surface area contributed by atoms with E-state index in [4.69, 9.17) is 11.6 Å². The van der Waals surface area contributed by atoms with Crippen LogP contribution in [0.2, 0.25) is 5.02 Å². The first-order valence-corrected chi connectivity index (χ1v) is 7.02. The first kappa shape index (κ1) is 14.1. The maximum Gasteiger partial charge on any atom is 0.0406 e. The van der Waals surface area contributed by atoms with Crippen LogP contribution >= 0.6 is 11.6 Å². The van der Waals surface area contributed by atoms with Crippen molar-refractivity contribution in [3.05, 3.63) is 70.2 Å². The maximum absolute atomic E-state index is 5.91. The summed E-state index contributed by atoms with van der Waals surface area (Å²) in [5.74, 6) is 0. The van der Waals surface area contributed by atoms with Gasteiger partial charge in [0.25, 0.3) is 0 Å². The highest BCUT2D eigenvalue weighted by Gasteiger charge is 2.11. The molecule has 100 valence electrons. The summed E-state index contributed by atoms with van der Waals surface area (Å²) >= 11 is 5.91. The second kappa shape index (κ2) is 6.23. The van der Waals surface area contributed by atoms with E-state index in [0.29, 0.717) is 12.1 Å². The van der Waals surface area contributed by atoms with Gasteiger partial charge in [-0.05, 0) is 44.0 Å². The van der Waals surface area contributed by atoms with E-state index in [0.717, 1.165) is 5.02 Å². The summed E-state index contributed by atoms with van der Waals surface area (Å²) in [4.78, 5) is 0. The zero-order chi connectivity index (χ0) is 13.8. The third kappa shape index (κ3) is 3.82. The van der Waals surface area contributed by atoms with Crippen LogP contribution in [0.1, 0.15) is 42.6 Å². The van der Waals surface area contributed by atoms with Crippen molar-refractivity contribution in [3.63, 3.8) is 0 Å². The summed E-state index contributed by atoms with van der Waals surface area (Å²) in [7, 11) is 0. The Bertz CT molecular complexity index is 533. The minimum atomic E-state index is 0.299. The minimum absolute atomic E-state index is 0.299. The molecule has 0 aromatic heterocycles. The van der Waals surface area contributed by atoms with Gasteiger partial charge >= 0.3 is 0 Å². The molecule has 0 saturated carbocycles. The molecule has 0 radical (unpaired) electrons. The number of halogens is 1. The van der Waals surface area contributed by atoms with Crippen molar-refractivity contribution in [2.24, 2.45) is 0 Å². The van der Waals surface area contributed by atoms with E-state index in [1.54, 1.807) is 0 Å². The fourth-order valence-electron chi connectivity index (χ4n) is 2.26. The van der Waals surface area contributed by atoms with Gasteiger partial charge in [-0.3, -0.25) is 0 Å². The lowest BCUT2D eigenvalue weighted by Gasteiger charge is -2.21. The van der Waals surface area contributed by atoms with Gasteiger partial charge in [0, 0.05) is 17.1 Å². The fraction of sp³-hybridized carbons (Fsp3) is 0.294. The maximum atomic E-state index is 5.91. The Morgan fingerprint density at radius 3 is 2.16 bits per heavy atom. The second-order valence-corrected chi connectivity index (χ2v) is 5.51. The first-order valence-electron chi connectivity index (χ1n) is 6.64. The Hall–Kier alpha value is -1.31. The molecule has 1 N–H and O–H groups in total. The van der Waals surface area contributed by atoms with Crippen LogP contribution in [0.25, 0.3) is 0 Å². The van der Waals surface area contributed by atoms with E-state index < -0.39 is 0 Å². The lowest BCUT2D eigenvalue weighted by Crippen LogP contribution is -2.22. The van der Waals surface area contributed by atoms with E-state index >= 15 is 0 Å². The molecule has 1 unspecified atom stereocenters. The molecular formula is C17H20ClN. The van der Waals surface area contributed by atoms with E-state index in [1.165, 1.54) is 16.7 Å². The van der Waals surface area contributed by atoms with Crippen molar-refractivity contribution in [1.29, 1.82) is 0 Å². The zero-order valence-corrected chi connectivity index (χ0v) is 12.4. The average molecular weight is 274 g/mol. The van der Waals surface area contributed by atoms with Crippen LogP contribution in [0.5, 0.6) is 0 Å². The monoisotopic (exact) mass is 273 g/mol. The van der Waals surface area contributed by atoms with Crippen LogP contribution in [0.15, 0.2) is 48.5 Å². The molecule has 0 spiro atoms. The number of hydrogen-bond donors (Lipinski definition) is 1. The van der Waals surface area contributed by atoms with Gasteiger partial charge in [0.05, 0.1) is 0 Å². The Morgan fingerprint density at radius 1 is 0.895 bits per heavy atom. The predicted octanol–water partition coefficient (Wildman–Crippen LogP) is 5.06. The first-order chi connectivity index (χ1) is 9.06. The molecule has 0 saturated heterocycles. The van der Waals surface area contributed by atoms with Crippen LogP contribution in [0.4, 0.5) is 0 Å². The van der Waals surface area contributed by atoms with Crippen LogP contribution in [0.3, 0.4) is 0 Å². The van der Waals surface area contributed by atoms with E-state index in [2.05, 4.69) is 62.5 Å². The van der Waals surface area contributed by atoms with E-state index in [1.807, 2.05) is 12.1 Å². The normalized spacial score (nSPS) is 14.1. The average Bonchev–Trinajstić information content (AvgIpc) is 2.39. The number of rotatable bonds is 4. The SMILES string of the molecule is Cc1cccc(C(C)N[C@H](C)c2ccc(Cl)cc2)c1. The van der Waals surface area contributed by atoms with Crippen molar-refractivity contribution in [2.45, 2.75) is 32.9 Å². The van der Waals surface area contributed by atoms with E-state index in [9.17, 15) is 0 Å². The number of aryl methyl sites for hydroxylation is 1. The van der Waals surface area contributed by atoms with Crippen molar-refractivity contribution in [3.8, 4) is 0 Å². The third-order valence-electron chi connectivity index (χ3n) is 3.41. The van der Waals surface area contributed by atoms with Crippen LogP contribution in [-0.4, -0.2) is 0 Å². The highest BCUT2D eigenvalue weighted by Crippen LogP contribution is 2.21. The van der Waals surface area contributed by atoms with E-state index in [-0.39, 0.29) is 0 Å². The van der Waals surface area contributed by atoms with Crippen molar-refractivity contribution in [2.75, 3.05) is 0 Å². The number of benzene rings is 2. The lowest BCUT2D eigenvalue weighted by atomic mass is 10.0. The Kier molecular flexibility index (Phi) is 4.62. The molecule has 1 nitrogen and oxygen atoms in total. The summed E-state index contributed by atoms with van der Waals surface area (Å²) in [6.07, 6.45) is 0. The largest absolute Gasteiger partial charge is 0.304 e. The topological polar surface area (TPSA) is 12.0 Å². The summed E-state index contributed by atoms with van der Waals surface area (Å²) in [6, 6.07) is 17.3. The predicted molar refractivity (Wildman–Crippen MR) is 82.6 cm³/mol. The molecule has 0 aliphatic carbocycles. The van der Waals surface area contributed by atoms with Crippen molar-refractivity contribution < 1.29 is 0 Å². The van der Waals surface area contributed by atoms with Gasteiger partial charge in [-0.15, -0.1) is 0 Å². The fourth-order valence-corrected chi connectivity index (χ4v) is 2.38. The zero-order valence-electron chi connectivity index (χ0n) is 11.7. The van der Waals surface area contributed by atoms with Crippen molar-refractivity contribution in [1.82, 2.24) is 5.32 Å². The smallest absolute Gasteiger partial charge is 0.0406 e. The lowest BCUT2D eigenvalue weighted by molar-refractivity contribution is 0.494. The molecule has 2 aromatic rings. The van der Waals surface area contributed by atoms with Gasteiger partial charge in [-0.2, -0.15) is 0 Å².